The van der Waals surface area contributed by atoms with Gasteiger partial charge in [-0.1, -0.05) is 6.07 Å². The third-order valence-corrected chi connectivity index (χ3v) is 2.59. The first-order valence-electron chi connectivity index (χ1n) is 5.81. The Hall–Kier alpha value is 0.404. The van der Waals surface area contributed by atoms with E-state index in [1.165, 1.54) is 11.5 Å². The second kappa shape index (κ2) is 10.2. The molecular formula is C14H15Cl3O2Ti+. The number of hydrogen-bond acceptors (Lipinski definition) is 2. The molecule has 1 fully saturated rings. The third kappa shape index (κ3) is 6.91. The molecule has 6 heteroatoms. The molecule has 0 spiro atoms. The molecule has 1 aliphatic carbocycles. The Morgan fingerprint density at radius 2 is 1.50 bits per heavy atom. The summed E-state index contributed by atoms with van der Waals surface area (Å²) in [5.41, 5.74) is 1.23. The number of halogens is 3. The number of benzene rings is 1. The standard InChI is InChI=1S/C14H15O2.3ClH.Ti/c1-15-13-8-7-12(10-14(13)16-2)9-11-5-3-4-6-11;;;;/h3-8,10H,9H2,1-2H3;3*1H;/q;;;;+4/p-3. The van der Waals surface area contributed by atoms with Gasteiger partial charge in [-0.2, -0.15) is 0 Å². The van der Waals surface area contributed by atoms with Crippen LogP contribution in [0.2, 0.25) is 0 Å². The fraction of sp³-hybridized carbons (Fsp3) is 0.214. The quantitative estimate of drug-likeness (QED) is 0.715. The van der Waals surface area contributed by atoms with Crippen LogP contribution in [0, 0.1) is 31.6 Å². The Kier molecular flexibility index (Phi) is 9.40. The van der Waals surface area contributed by atoms with E-state index < -0.39 is 14.7 Å². The van der Waals surface area contributed by atoms with Crippen molar-refractivity contribution in [2.75, 3.05) is 14.2 Å². The summed E-state index contributed by atoms with van der Waals surface area (Å²) >= 11 is -1.92. The van der Waals surface area contributed by atoms with Crippen LogP contribution in [0.1, 0.15) is 5.56 Å². The van der Waals surface area contributed by atoms with Gasteiger partial charge >= 0.3 is 42.6 Å². The fourth-order valence-electron chi connectivity index (χ4n) is 1.76. The summed E-state index contributed by atoms with van der Waals surface area (Å²) in [5, 5.41) is 0. The van der Waals surface area contributed by atoms with Gasteiger partial charge in [-0.15, -0.1) is 0 Å². The predicted octanol–water partition coefficient (Wildman–Crippen LogP) is 4.72. The molecule has 0 atom stereocenters. The summed E-state index contributed by atoms with van der Waals surface area (Å²) in [4.78, 5) is 0. The zero-order valence-electron chi connectivity index (χ0n) is 11.2. The van der Waals surface area contributed by atoms with Crippen LogP contribution in [0.5, 0.6) is 11.5 Å². The van der Waals surface area contributed by atoms with E-state index in [9.17, 15) is 0 Å². The van der Waals surface area contributed by atoms with E-state index in [-0.39, 0.29) is 0 Å². The molecule has 1 aromatic carbocycles. The summed E-state index contributed by atoms with van der Waals surface area (Å²) in [5.74, 6) is 2.87. The molecule has 107 valence electrons. The topological polar surface area (TPSA) is 18.5 Å². The van der Waals surface area contributed by atoms with Crippen molar-refractivity contribution in [3.63, 3.8) is 0 Å². The SMILES string of the molecule is COc1ccc(C[C]2[CH][CH][CH][CH]2)cc1OC.[Cl][Ti+]([Cl])[Cl]. The molecule has 20 heavy (non-hydrogen) atoms. The van der Waals surface area contributed by atoms with E-state index in [0.29, 0.717) is 0 Å². The summed E-state index contributed by atoms with van der Waals surface area (Å²) < 4.78 is 10.5. The molecule has 0 N–H and O–H groups in total. The summed E-state index contributed by atoms with van der Waals surface area (Å²) in [6, 6.07) is 6.03. The minimum absolute atomic E-state index is 0.772. The van der Waals surface area contributed by atoms with Crippen molar-refractivity contribution in [2.45, 2.75) is 6.42 Å². The molecular weight excluding hydrogens is 354 g/mol. The van der Waals surface area contributed by atoms with E-state index in [1.54, 1.807) is 14.2 Å². The normalized spacial score (nSPS) is 14.4. The molecule has 0 bridgehead atoms. The van der Waals surface area contributed by atoms with Crippen LogP contribution in [-0.4, -0.2) is 14.2 Å². The van der Waals surface area contributed by atoms with E-state index in [1.807, 2.05) is 12.1 Å². The maximum atomic E-state index is 5.27. The zero-order valence-corrected chi connectivity index (χ0v) is 15.0. The van der Waals surface area contributed by atoms with Crippen molar-refractivity contribution in [3.8, 4) is 11.5 Å². The summed E-state index contributed by atoms with van der Waals surface area (Å²) in [7, 11) is 18.2. The van der Waals surface area contributed by atoms with E-state index >= 15 is 0 Å². The monoisotopic (exact) mass is 368 g/mol. The van der Waals surface area contributed by atoms with Gasteiger partial charge in [-0.3, -0.25) is 0 Å². The number of methoxy groups -OCH3 is 2. The molecule has 2 nitrogen and oxygen atoms in total. The Labute approximate surface area is 139 Å². The molecule has 2 rings (SSSR count). The minimum atomic E-state index is -1.92. The van der Waals surface area contributed by atoms with Crippen molar-refractivity contribution in [3.05, 3.63) is 55.4 Å². The second-order valence-electron chi connectivity index (χ2n) is 3.87. The molecule has 1 saturated carbocycles. The molecule has 5 radical (unpaired) electrons. The van der Waals surface area contributed by atoms with Gasteiger partial charge in [-0.25, -0.2) is 0 Å². The van der Waals surface area contributed by atoms with Gasteiger partial charge in [0.15, 0.2) is 11.5 Å². The van der Waals surface area contributed by atoms with Gasteiger partial charge in [0.05, 0.1) is 14.2 Å². The molecule has 0 amide bonds. The second-order valence-corrected chi connectivity index (χ2v) is 11.6. The van der Waals surface area contributed by atoms with Crippen molar-refractivity contribution >= 4 is 27.9 Å². The van der Waals surface area contributed by atoms with Gasteiger partial charge in [0.25, 0.3) is 0 Å². The zero-order chi connectivity index (χ0) is 15.0. The van der Waals surface area contributed by atoms with Crippen molar-refractivity contribution in [1.29, 1.82) is 0 Å². The first-order chi connectivity index (χ1) is 9.56. The number of rotatable bonds is 4. The van der Waals surface area contributed by atoms with Crippen LogP contribution >= 0.6 is 27.9 Å². The van der Waals surface area contributed by atoms with Crippen molar-refractivity contribution in [2.24, 2.45) is 0 Å². The van der Waals surface area contributed by atoms with Gasteiger partial charge in [0, 0.05) is 0 Å². The van der Waals surface area contributed by atoms with Gasteiger partial charge in [0.2, 0.25) is 0 Å². The van der Waals surface area contributed by atoms with Gasteiger partial charge in [0.1, 0.15) is 0 Å². The number of hydrogen-bond donors (Lipinski definition) is 0. The molecule has 0 saturated heterocycles. The van der Waals surface area contributed by atoms with Gasteiger partial charge in [-0.05, 0) is 55.7 Å². The Balaban J connectivity index is 0.000000444. The van der Waals surface area contributed by atoms with E-state index in [4.69, 9.17) is 37.4 Å². The first-order valence-corrected chi connectivity index (χ1v) is 12.3. The fourth-order valence-corrected chi connectivity index (χ4v) is 1.76. The average molecular weight is 369 g/mol. The van der Waals surface area contributed by atoms with Gasteiger partial charge < -0.3 is 9.47 Å². The van der Waals surface area contributed by atoms with Crippen LogP contribution in [0.3, 0.4) is 0 Å². The molecule has 0 unspecified atom stereocenters. The molecule has 1 aliphatic rings. The Morgan fingerprint density at radius 3 is 2.00 bits per heavy atom. The van der Waals surface area contributed by atoms with Crippen molar-refractivity contribution in [1.82, 2.24) is 0 Å². The molecule has 0 aromatic heterocycles. The van der Waals surface area contributed by atoms with Crippen LogP contribution in [-0.2, 0) is 21.1 Å². The molecule has 0 aliphatic heterocycles. The molecule has 1 aromatic rings. The van der Waals surface area contributed by atoms with E-state index in [0.717, 1.165) is 17.9 Å². The summed E-state index contributed by atoms with van der Waals surface area (Å²) in [6.45, 7) is 0. The third-order valence-electron chi connectivity index (χ3n) is 2.59. The Morgan fingerprint density at radius 1 is 0.950 bits per heavy atom. The van der Waals surface area contributed by atoms with E-state index in [2.05, 4.69) is 31.7 Å². The average Bonchev–Trinajstić information content (AvgIpc) is 2.91. The van der Waals surface area contributed by atoms with Crippen molar-refractivity contribution < 1.29 is 24.2 Å². The number of ether oxygens (including phenoxy) is 2. The van der Waals surface area contributed by atoms with Crippen LogP contribution in [0.4, 0.5) is 0 Å². The maximum absolute atomic E-state index is 5.27. The molecule has 0 heterocycles. The predicted molar refractivity (Wildman–Crippen MR) is 81.3 cm³/mol. The van der Waals surface area contributed by atoms with Crippen LogP contribution in [0.15, 0.2) is 18.2 Å². The van der Waals surface area contributed by atoms with Crippen LogP contribution in [0.25, 0.3) is 0 Å². The summed E-state index contributed by atoms with van der Waals surface area (Å²) in [6.07, 6.45) is 9.27. The first kappa shape index (κ1) is 18.5. The van der Waals surface area contributed by atoms with Crippen LogP contribution < -0.4 is 9.47 Å². The Bertz CT molecular complexity index is 393.